The van der Waals surface area contributed by atoms with Gasteiger partial charge in [0, 0.05) is 57.3 Å². The highest BCUT2D eigenvalue weighted by Crippen LogP contribution is 2.37. The smallest absolute Gasteiger partial charge is 0.251 e. The van der Waals surface area contributed by atoms with Gasteiger partial charge in [-0.2, -0.15) is 0 Å². The Labute approximate surface area is 193 Å². The number of hydrogen-bond acceptors (Lipinski definition) is 4. The Hall–Kier alpha value is -2.12. The summed E-state index contributed by atoms with van der Waals surface area (Å²) in [5.74, 6) is 0.842. The van der Waals surface area contributed by atoms with E-state index in [2.05, 4.69) is 33.8 Å². The fourth-order valence-corrected chi connectivity index (χ4v) is 4.83. The van der Waals surface area contributed by atoms with Crippen molar-refractivity contribution in [3.63, 3.8) is 0 Å². The van der Waals surface area contributed by atoms with E-state index < -0.39 is 0 Å². The summed E-state index contributed by atoms with van der Waals surface area (Å²) in [7, 11) is 1.66. The number of nitrogens with one attached hydrogen (secondary N) is 3. The Morgan fingerprint density at radius 1 is 1.16 bits per heavy atom. The molecule has 3 rings (SSSR count). The maximum absolute atomic E-state index is 11.9. The predicted octanol–water partition coefficient (Wildman–Crippen LogP) is 2.43. The lowest BCUT2D eigenvalue weighted by atomic mass is 9.73. The van der Waals surface area contributed by atoms with Crippen molar-refractivity contribution in [3.05, 3.63) is 35.4 Å². The standard InChI is InChI=1S/C25H41N5O2/c1-3-27-24(28-13-10-21-8-7-9-22(18-21)23(31)26-2)29-19-25(11-5-4-6-12-25)20-30-14-16-32-17-15-30/h7-9,18H,3-6,10-17,19-20H2,1-2H3,(H,26,31)(H2,27,28,29). The number of nitrogens with zero attached hydrogens (tertiary/aromatic N) is 2. The van der Waals surface area contributed by atoms with Crippen molar-refractivity contribution < 1.29 is 9.53 Å². The van der Waals surface area contributed by atoms with Crippen molar-refractivity contribution in [3.8, 4) is 0 Å². The van der Waals surface area contributed by atoms with Crippen molar-refractivity contribution in [2.24, 2.45) is 10.4 Å². The Balaban J connectivity index is 1.58. The molecular formula is C25H41N5O2. The number of hydrogen-bond donors (Lipinski definition) is 3. The number of carbonyl (C=O) groups is 1. The van der Waals surface area contributed by atoms with Gasteiger partial charge in [0.2, 0.25) is 0 Å². The molecule has 0 bridgehead atoms. The number of guanidine groups is 1. The molecule has 0 spiro atoms. The number of rotatable bonds is 9. The molecule has 0 unspecified atom stereocenters. The number of benzene rings is 1. The molecule has 0 atom stereocenters. The van der Waals surface area contributed by atoms with Gasteiger partial charge < -0.3 is 20.7 Å². The van der Waals surface area contributed by atoms with Crippen molar-refractivity contribution in [1.82, 2.24) is 20.9 Å². The lowest BCUT2D eigenvalue weighted by Gasteiger charge is -2.41. The van der Waals surface area contributed by atoms with Crippen LogP contribution in [0.3, 0.4) is 0 Å². The Morgan fingerprint density at radius 3 is 2.66 bits per heavy atom. The van der Waals surface area contributed by atoms with E-state index >= 15 is 0 Å². The molecule has 1 aliphatic carbocycles. The first-order valence-corrected chi connectivity index (χ1v) is 12.3. The molecule has 2 fully saturated rings. The molecule has 1 saturated heterocycles. The Bertz CT molecular complexity index is 740. The minimum Gasteiger partial charge on any atom is -0.379 e. The van der Waals surface area contributed by atoms with Gasteiger partial charge >= 0.3 is 0 Å². The highest BCUT2D eigenvalue weighted by molar-refractivity contribution is 5.94. The van der Waals surface area contributed by atoms with Crippen LogP contribution in [0.25, 0.3) is 0 Å². The molecule has 1 saturated carbocycles. The third-order valence-electron chi connectivity index (χ3n) is 6.62. The average Bonchev–Trinajstić information content (AvgIpc) is 2.83. The van der Waals surface area contributed by atoms with Gasteiger partial charge in [-0.1, -0.05) is 31.4 Å². The van der Waals surface area contributed by atoms with Crippen molar-refractivity contribution in [2.75, 3.05) is 59.5 Å². The monoisotopic (exact) mass is 443 g/mol. The molecule has 0 radical (unpaired) electrons. The Kier molecular flexibility index (Phi) is 9.81. The summed E-state index contributed by atoms with van der Waals surface area (Å²) in [6, 6.07) is 7.82. The zero-order valence-electron chi connectivity index (χ0n) is 19.9. The summed E-state index contributed by atoms with van der Waals surface area (Å²) in [6.07, 6.45) is 7.34. The van der Waals surface area contributed by atoms with E-state index in [4.69, 9.17) is 9.73 Å². The average molecular weight is 444 g/mol. The van der Waals surface area contributed by atoms with E-state index in [1.165, 1.54) is 32.1 Å². The van der Waals surface area contributed by atoms with Gasteiger partial charge in [0.15, 0.2) is 5.96 Å². The molecule has 178 valence electrons. The van der Waals surface area contributed by atoms with E-state index in [9.17, 15) is 4.79 Å². The van der Waals surface area contributed by atoms with Gasteiger partial charge in [-0.05, 0) is 43.9 Å². The van der Waals surface area contributed by atoms with Gasteiger partial charge in [-0.15, -0.1) is 0 Å². The molecule has 32 heavy (non-hydrogen) atoms. The number of aliphatic imine (C=N–C) groups is 1. The molecule has 1 amide bonds. The second kappa shape index (κ2) is 12.8. The van der Waals surface area contributed by atoms with Gasteiger partial charge in [0.05, 0.1) is 13.2 Å². The zero-order valence-corrected chi connectivity index (χ0v) is 19.9. The summed E-state index contributed by atoms with van der Waals surface area (Å²) in [4.78, 5) is 19.5. The summed E-state index contributed by atoms with van der Waals surface area (Å²) >= 11 is 0. The lowest BCUT2D eigenvalue weighted by Crippen LogP contribution is -2.46. The van der Waals surface area contributed by atoms with Crippen molar-refractivity contribution in [2.45, 2.75) is 45.4 Å². The molecule has 0 aromatic heterocycles. The van der Waals surface area contributed by atoms with Crippen LogP contribution in [-0.2, 0) is 11.2 Å². The van der Waals surface area contributed by atoms with E-state index in [1.807, 2.05) is 18.2 Å². The summed E-state index contributed by atoms with van der Waals surface area (Å²) < 4.78 is 5.55. The molecule has 1 aromatic carbocycles. The van der Waals surface area contributed by atoms with E-state index in [-0.39, 0.29) is 11.3 Å². The fraction of sp³-hybridized carbons (Fsp3) is 0.680. The van der Waals surface area contributed by atoms with Crippen LogP contribution in [0.2, 0.25) is 0 Å². The van der Waals surface area contributed by atoms with E-state index in [0.717, 1.165) is 70.4 Å². The first kappa shape index (κ1) is 24.5. The van der Waals surface area contributed by atoms with E-state index in [1.54, 1.807) is 7.05 Å². The molecular weight excluding hydrogens is 402 g/mol. The van der Waals surface area contributed by atoms with Crippen LogP contribution in [0.15, 0.2) is 29.3 Å². The van der Waals surface area contributed by atoms with E-state index in [0.29, 0.717) is 5.56 Å². The van der Waals surface area contributed by atoms with Crippen LogP contribution in [-0.4, -0.2) is 76.3 Å². The SMILES string of the molecule is CCNC(=NCC1(CN2CCOCC2)CCCCC1)NCCc1cccc(C(=O)NC)c1. The summed E-state index contributed by atoms with van der Waals surface area (Å²) in [5, 5.41) is 9.59. The van der Waals surface area contributed by atoms with Crippen LogP contribution in [0.4, 0.5) is 0 Å². The second-order valence-corrected chi connectivity index (χ2v) is 9.10. The number of amides is 1. The molecule has 1 aromatic rings. The minimum absolute atomic E-state index is 0.0484. The number of carbonyl (C=O) groups excluding carboxylic acids is 1. The van der Waals surface area contributed by atoms with Crippen LogP contribution in [0.1, 0.15) is 54.9 Å². The maximum Gasteiger partial charge on any atom is 0.251 e. The van der Waals surface area contributed by atoms with Crippen LogP contribution < -0.4 is 16.0 Å². The summed E-state index contributed by atoms with van der Waals surface area (Å²) in [5.41, 5.74) is 2.12. The first-order valence-electron chi connectivity index (χ1n) is 12.3. The number of morpholine rings is 1. The molecule has 2 aliphatic rings. The third-order valence-corrected chi connectivity index (χ3v) is 6.62. The first-order chi connectivity index (χ1) is 15.6. The predicted molar refractivity (Wildman–Crippen MR) is 130 cm³/mol. The lowest BCUT2D eigenvalue weighted by molar-refractivity contribution is 0.00937. The van der Waals surface area contributed by atoms with Crippen LogP contribution >= 0.6 is 0 Å². The molecule has 1 heterocycles. The highest BCUT2D eigenvalue weighted by Gasteiger charge is 2.34. The largest absolute Gasteiger partial charge is 0.379 e. The van der Waals surface area contributed by atoms with Crippen LogP contribution in [0, 0.1) is 5.41 Å². The second-order valence-electron chi connectivity index (χ2n) is 9.10. The van der Waals surface area contributed by atoms with Gasteiger partial charge in [-0.3, -0.25) is 14.7 Å². The molecule has 7 heteroatoms. The normalized spacial score (nSPS) is 19.4. The van der Waals surface area contributed by atoms with Crippen molar-refractivity contribution in [1.29, 1.82) is 0 Å². The Morgan fingerprint density at radius 2 is 1.94 bits per heavy atom. The quantitative estimate of drug-likeness (QED) is 0.404. The molecule has 1 aliphatic heterocycles. The van der Waals surface area contributed by atoms with Crippen LogP contribution in [0.5, 0.6) is 0 Å². The maximum atomic E-state index is 11.9. The zero-order chi connectivity index (χ0) is 22.7. The molecule has 3 N–H and O–H groups in total. The highest BCUT2D eigenvalue weighted by atomic mass is 16.5. The van der Waals surface area contributed by atoms with Gasteiger partial charge in [0.1, 0.15) is 0 Å². The molecule has 7 nitrogen and oxygen atoms in total. The van der Waals surface area contributed by atoms with Gasteiger partial charge in [-0.25, -0.2) is 0 Å². The van der Waals surface area contributed by atoms with Gasteiger partial charge in [0.25, 0.3) is 5.91 Å². The third kappa shape index (κ3) is 7.48. The van der Waals surface area contributed by atoms with Crippen molar-refractivity contribution >= 4 is 11.9 Å². The summed E-state index contributed by atoms with van der Waals surface area (Å²) in [6.45, 7) is 9.51. The topological polar surface area (TPSA) is 78.0 Å². The minimum atomic E-state index is -0.0484. The fourth-order valence-electron chi connectivity index (χ4n) is 4.83. The number of ether oxygens (including phenoxy) is 1.